The predicted molar refractivity (Wildman–Crippen MR) is 54.4 cm³/mol. The molecule has 0 bridgehead atoms. The zero-order chi connectivity index (χ0) is 11.4. The quantitative estimate of drug-likeness (QED) is 0.736. The number of aliphatic carboxylic acids is 2. The minimum absolute atomic E-state index is 0.208. The van der Waals surface area contributed by atoms with Crippen LogP contribution in [0.15, 0.2) is 30.3 Å². The molecule has 0 spiro atoms. The topological polar surface area (TPSA) is 74.6 Å². The summed E-state index contributed by atoms with van der Waals surface area (Å²) in [6.45, 7) is 1.73. The van der Waals surface area contributed by atoms with E-state index in [1.807, 2.05) is 0 Å². The molecule has 0 atom stereocenters. The lowest BCUT2D eigenvalue weighted by Crippen LogP contribution is -2.04. The molecule has 0 heterocycles. The van der Waals surface area contributed by atoms with E-state index in [2.05, 4.69) is 0 Å². The molecule has 1 rings (SSSR count). The minimum atomic E-state index is -1.27. The molecule has 0 aliphatic carbocycles. The highest BCUT2D eigenvalue weighted by atomic mass is 16.4. The van der Waals surface area contributed by atoms with Crippen LogP contribution in [0.1, 0.15) is 11.1 Å². The van der Waals surface area contributed by atoms with Crippen LogP contribution in [0.5, 0.6) is 0 Å². The number of aryl methyl sites for hydroxylation is 1. The maximum absolute atomic E-state index is 10.9. The molecule has 0 aliphatic rings. The summed E-state index contributed by atoms with van der Waals surface area (Å²) in [5.41, 5.74) is 0.945. The van der Waals surface area contributed by atoms with Crippen molar-refractivity contribution in [2.24, 2.45) is 0 Å². The summed E-state index contributed by atoms with van der Waals surface area (Å²) in [4.78, 5) is 21.3. The van der Waals surface area contributed by atoms with Gasteiger partial charge in [0, 0.05) is 6.08 Å². The van der Waals surface area contributed by atoms with E-state index in [0.29, 0.717) is 11.6 Å². The van der Waals surface area contributed by atoms with Gasteiger partial charge in [0.25, 0.3) is 0 Å². The van der Waals surface area contributed by atoms with Gasteiger partial charge >= 0.3 is 11.9 Å². The molecule has 4 nitrogen and oxygen atoms in total. The second kappa shape index (κ2) is 4.41. The van der Waals surface area contributed by atoms with Gasteiger partial charge in [0.2, 0.25) is 0 Å². The van der Waals surface area contributed by atoms with Crippen LogP contribution in [0, 0.1) is 6.92 Å². The van der Waals surface area contributed by atoms with Crippen LogP contribution >= 0.6 is 0 Å². The van der Waals surface area contributed by atoms with E-state index in [1.54, 1.807) is 31.2 Å². The Morgan fingerprint density at radius 1 is 1.20 bits per heavy atom. The lowest BCUT2D eigenvalue weighted by Gasteiger charge is -2.04. The summed E-state index contributed by atoms with van der Waals surface area (Å²) in [7, 11) is 0. The summed E-state index contributed by atoms with van der Waals surface area (Å²) < 4.78 is 0. The van der Waals surface area contributed by atoms with Gasteiger partial charge in [-0.25, -0.2) is 9.59 Å². The Kier molecular flexibility index (Phi) is 3.23. The number of rotatable bonds is 3. The second-order valence-electron chi connectivity index (χ2n) is 3.02. The average molecular weight is 206 g/mol. The Morgan fingerprint density at radius 3 is 2.27 bits per heavy atom. The van der Waals surface area contributed by atoms with Gasteiger partial charge < -0.3 is 10.2 Å². The van der Waals surface area contributed by atoms with Gasteiger partial charge in [-0.1, -0.05) is 24.3 Å². The third-order valence-electron chi connectivity index (χ3n) is 1.93. The zero-order valence-corrected chi connectivity index (χ0v) is 8.10. The second-order valence-corrected chi connectivity index (χ2v) is 3.02. The van der Waals surface area contributed by atoms with Crippen LogP contribution < -0.4 is 0 Å². The van der Waals surface area contributed by atoms with Gasteiger partial charge in [-0.3, -0.25) is 0 Å². The predicted octanol–water partition coefficient (Wildman–Crippen LogP) is 1.55. The molecule has 0 saturated heterocycles. The van der Waals surface area contributed by atoms with Crippen molar-refractivity contribution >= 4 is 17.5 Å². The van der Waals surface area contributed by atoms with Gasteiger partial charge in [0.1, 0.15) is 0 Å². The van der Waals surface area contributed by atoms with Crippen molar-refractivity contribution in [2.75, 3.05) is 0 Å². The van der Waals surface area contributed by atoms with Gasteiger partial charge in [-0.15, -0.1) is 0 Å². The van der Waals surface area contributed by atoms with Crippen LogP contribution in [-0.2, 0) is 9.59 Å². The molecule has 0 aromatic heterocycles. The third kappa shape index (κ3) is 2.67. The monoisotopic (exact) mass is 206 g/mol. The van der Waals surface area contributed by atoms with Crippen molar-refractivity contribution in [2.45, 2.75) is 6.92 Å². The average Bonchev–Trinajstić information content (AvgIpc) is 2.15. The fraction of sp³-hybridized carbons (Fsp3) is 0.0909. The number of carbonyl (C=O) groups is 2. The van der Waals surface area contributed by atoms with E-state index in [1.165, 1.54) is 0 Å². The van der Waals surface area contributed by atoms with Crippen molar-refractivity contribution in [3.05, 3.63) is 41.5 Å². The van der Waals surface area contributed by atoms with Crippen molar-refractivity contribution in [3.8, 4) is 0 Å². The number of hydrogen-bond acceptors (Lipinski definition) is 2. The van der Waals surface area contributed by atoms with Crippen LogP contribution in [0.2, 0.25) is 0 Å². The smallest absolute Gasteiger partial charge is 0.336 e. The Morgan fingerprint density at radius 2 is 1.80 bits per heavy atom. The normalized spacial score (nSPS) is 11.1. The highest BCUT2D eigenvalue weighted by molar-refractivity contribution is 6.19. The minimum Gasteiger partial charge on any atom is -0.478 e. The van der Waals surface area contributed by atoms with Gasteiger partial charge in [-0.2, -0.15) is 0 Å². The van der Waals surface area contributed by atoms with E-state index >= 15 is 0 Å². The maximum atomic E-state index is 10.9. The molecule has 15 heavy (non-hydrogen) atoms. The molecule has 0 amide bonds. The number of hydrogen-bond donors (Lipinski definition) is 2. The lowest BCUT2D eigenvalue weighted by molar-refractivity contribution is -0.133. The molecule has 1 aromatic rings. The summed E-state index contributed by atoms with van der Waals surface area (Å²) in [5, 5.41) is 17.4. The zero-order valence-electron chi connectivity index (χ0n) is 8.10. The van der Waals surface area contributed by atoms with E-state index in [4.69, 9.17) is 10.2 Å². The summed E-state index contributed by atoms with van der Waals surface area (Å²) in [5.74, 6) is -2.51. The summed E-state index contributed by atoms with van der Waals surface area (Å²) in [6.07, 6.45) is 0.699. The fourth-order valence-corrected chi connectivity index (χ4v) is 1.25. The Bertz CT molecular complexity index is 432. The Labute approximate surface area is 86.5 Å². The number of carboxylic acid groups (broad SMARTS) is 2. The van der Waals surface area contributed by atoms with Crippen LogP contribution in [-0.4, -0.2) is 22.2 Å². The summed E-state index contributed by atoms with van der Waals surface area (Å²) in [6, 6.07) is 6.74. The van der Waals surface area contributed by atoms with Crippen molar-refractivity contribution in [1.82, 2.24) is 0 Å². The first-order chi connectivity index (χ1) is 7.02. The lowest BCUT2D eigenvalue weighted by atomic mass is 10.0. The van der Waals surface area contributed by atoms with E-state index in [0.717, 1.165) is 5.56 Å². The van der Waals surface area contributed by atoms with Crippen molar-refractivity contribution in [3.63, 3.8) is 0 Å². The summed E-state index contributed by atoms with van der Waals surface area (Å²) >= 11 is 0. The van der Waals surface area contributed by atoms with E-state index in [-0.39, 0.29) is 5.57 Å². The first-order valence-corrected chi connectivity index (χ1v) is 4.26. The van der Waals surface area contributed by atoms with Crippen LogP contribution in [0.3, 0.4) is 0 Å². The van der Waals surface area contributed by atoms with E-state index < -0.39 is 11.9 Å². The van der Waals surface area contributed by atoms with E-state index in [9.17, 15) is 9.59 Å². The molecule has 0 aliphatic heterocycles. The van der Waals surface area contributed by atoms with Crippen LogP contribution in [0.25, 0.3) is 5.57 Å². The maximum Gasteiger partial charge on any atom is 0.336 e. The highest BCUT2D eigenvalue weighted by Crippen LogP contribution is 2.18. The highest BCUT2D eigenvalue weighted by Gasteiger charge is 2.13. The molecule has 1 aromatic carbocycles. The van der Waals surface area contributed by atoms with Crippen molar-refractivity contribution < 1.29 is 19.8 Å². The molecule has 0 radical (unpaired) electrons. The number of carboxylic acids is 2. The van der Waals surface area contributed by atoms with Gasteiger partial charge in [-0.05, 0) is 18.1 Å². The molecule has 0 unspecified atom stereocenters. The Hall–Kier alpha value is -2.10. The first kappa shape index (κ1) is 11.0. The number of benzene rings is 1. The molecular weight excluding hydrogens is 196 g/mol. The standard InChI is InChI=1S/C11H10O4/c1-7-4-2-3-5-8(7)9(11(14)15)6-10(12)13/h2-6H,1H3,(H,12,13)(H,14,15)/b9-6+. The SMILES string of the molecule is Cc1ccccc1/C(=C\C(=O)O)C(=O)O. The molecule has 0 saturated carbocycles. The third-order valence-corrected chi connectivity index (χ3v) is 1.93. The molecule has 78 valence electrons. The first-order valence-electron chi connectivity index (χ1n) is 4.26. The Balaban J connectivity index is 3.29. The largest absolute Gasteiger partial charge is 0.478 e. The molecule has 4 heteroatoms. The van der Waals surface area contributed by atoms with Gasteiger partial charge in [0.05, 0.1) is 5.57 Å². The molecule has 2 N–H and O–H groups in total. The van der Waals surface area contributed by atoms with Crippen molar-refractivity contribution in [1.29, 1.82) is 0 Å². The molecular formula is C11H10O4. The van der Waals surface area contributed by atoms with Crippen LogP contribution in [0.4, 0.5) is 0 Å². The molecule has 0 fully saturated rings. The fourth-order valence-electron chi connectivity index (χ4n) is 1.25. The van der Waals surface area contributed by atoms with Gasteiger partial charge in [0.15, 0.2) is 0 Å².